The van der Waals surface area contributed by atoms with Crippen LogP contribution in [0.4, 0.5) is 9.59 Å². The minimum absolute atomic E-state index is 0.00658. The van der Waals surface area contributed by atoms with Crippen molar-refractivity contribution in [3.05, 3.63) is 35.9 Å². The van der Waals surface area contributed by atoms with E-state index >= 15 is 0 Å². The highest BCUT2D eigenvalue weighted by Crippen LogP contribution is 2.26. The van der Waals surface area contributed by atoms with Crippen molar-refractivity contribution in [1.82, 2.24) is 10.2 Å². The third-order valence-electron chi connectivity index (χ3n) is 10.9. The number of nitrogens with zero attached hydrogens (tertiary/aromatic N) is 1. The molecule has 0 bridgehead atoms. The molecule has 0 saturated carbocycles. The Morgan fingerprint density at radius 3 is 1.56 bits per heavy atom. The van der Waals surface area contributed by atoms with Crippen LogP contribution in [0.1, 0.15) is 186 Å². The summed E-state index contributed by atoms with van der Waals surface area (Å²) in [6, 6.07) is 7.99. The van der Waals surface area contributed by atoms with E-state index in [1.165, 1.54) is 127 Å². The summed E-state index contributed by atoms with van der Waals surface area (Å²) in [4.78, 5) is 28.1. The van der Waals surface area contributed by atoms with E-state index in [0.717, 1.165) is 44.1 Å². The van der Waals surface area contributed by atoms with Gasteiger partial charge in [-0.2, -0.15) is 0 Å². The van der Waals surface area contributed by atoms with Crippen molar-refractivity contribution < 1.29 is 39.1 Å². The quantitative estimate of drug-likeness (QED) is 0.0518. The number of aliphatic hydroxyl groups excluding tert-OH is 3. The minimum atomic E-state index is -1.52. The predicted octanol–water partition coefficient (Wildman–Crippen LogP) is 10.3. The topological polar surface area (TPSA) is 138 Å². The monoisotopic (exact) mass is 777 g/mol. The zero-order valence-electron chi connectivity index (χ0n) is 34.8. The maximum Gasteiger partial charge on any atom is 0.411 e. The molecule has 318 valence electrons. The normalized spacial score (nSPS) is 19.6. The highest BCUT2D eigenvalue weighted by Gasteiger charge is 2.48. The number of alkyl carbamates (subject to hydrolysis) is 1. The molecule has 1 aromatic rings. The van der Waals surface area contributed by atoms with Crippen molar-refractivity contribution in [2.75, 3.05) is 19.8 Å². The molecular weight excluding hydrogens is 697 g/mol. The Morgan fingerprint density at radius 1 is 0.636 bits per heavy atom. The first-order chi connectivity index (χ1) is 26.9. The molecule has 1 fully saturated rings. The maximum absolute atomic E-state index is 13.7. The van der Waals surface area contributed by atoms with E-state index < -0.39 is 49.4 Å². The Hall–Kier alpha value is -2.40. The van der Waals surface area contributed by atoms with E-state index in [1.807, 2.05) is 30.3 Å². The zero-order valence-corrected chi connectivity index (χ0v) is 34.8. The summed E-state index contributed by atoms with van der Waals surface area (Å²) < 4.78 is 17.2. The van der Waals surface area contributed by atoms with Gasteiger partial charge in [-0.15, -0.1) is 0 Å². The second-order valence-corrected chi connectivity index (χ2v) is 15.8. The summed E-state index contributed by atoms with van der Waals surface area (Å²) in [5.41, 5.74) is 0.788. The number of rotatable bonds is 33. The van der Waals surface area contributed by atoms with Gasteiger partial charge < -0.3 is 34.8 Å². The van der Waals surface area contributed by atoms with Crippen LogP contribution in [-0.4, -0.2) is 82.7 Å². The summed E-state index contributed by atoms with van der Waals surface area (Å²) in [6.45, 7) is 4.47. The van der Waals surface area contributed by atoms with Crippen LogP contribution in [0.25, 0.3) is 0 Å². The van der Waals surface area contributed by atoms with Gasteiger partial charge in [0.25, 0.3) is 0 Å². The molecule has 2 rings (SSSR count). The second kappa shape index (κ2) is 32.7. The second-order valence-electron chi connectivity index (χ2n) is 15.8. The molecule has 0 unspecified atom stereocenters. The largest absolute Gasteiger partial charge is 0.449 e. The Labute approximate surface area is 334 Å². The van der Waals surface area contributed by atoms with E-state index in [-0.39, 0.29) is 19.8 Å². The number of hydrogen-bond acceptors (Lipinski definition) is 8. The van der Waals surface area contributed by atoms with Crippen LogP contribution in [0.3, 0.4) is 0 Å². The van der Waals surface area contributed by atoms with Crippen molar-refractivity contribution in [3.63, 3.8) is 0 Å². The summed E-state index contributed by atoms with van der Waals surface area (Å²) in [5.74, 6) is 0. The minimum Gasteiger partial charge on any atom is -0.449 e. The molecule has 10 heteroatoms. The highest BCUT2D eigenvalue weighted by atomic mass is 16.6. The number of carbonyl (C=O) groups is 2. The van der Waals surface area contributed by atoms with Crippen molar-refractivity contribution in [3.8, 4) is 0 Å². The zero-order chi connectivity index (χ0) is 39.8. The number of benzene rings is 1. The lowest BCUT2D eigenvalue weighted by atomic mass is 9.95. The fourth-order valence-corrected chi connectivity index (χ4v) is 7.41. The van der Waals surface area contributed by atoms with Crippen molar-refractivity contribution in [1.29, 1.82) is 0 Å². The number of hydrogen-bond donors (Lipinski definition) is 4. The number of carbonyl (C=O) groups excluding carboxylic acids is 2. The lowest BCUT2D eigenvalue weighted by Crippen LogP contribution is -2.69. The van der Waals surface area contributed by atoms with E-state index in [2.05, 4.69) is 19.2 Å². The van der Waals surface area contributed by atoms with Gasteiger partial charge in [-0.3, -0.25) is 4.90 Å². The molecule has 55 heavy (non-hydrogen) atoms. The number of nitrogens with one attached hydrogen (secondary N) is 1. The summed E-state index contributed by atoms with van der Waals surface area (Å²) in [6.07, 6.45) is 24.6. The van der Waals surface area contributed by atoms with E-state index in [1.54, 1.807) is 0 Å². The lowest BCUT2D eigenvalue weighted by molar-refractivity contribution is -0.225. The smallest absolute Gasteiger partial charge is 0.411 e. The molecule has 1 heterocycles. The lowest BCUT2D eigenvalue weighted by Gasteiger charge is -2.46. The molecule has 5 atom stereocenters. The average molecular weight is 777 g/mol. The van der Waals surface area contributed by atoms with Crippen LogP contribution in [0.2, 0.25) is 0 Å². The number of amides is 2. The van der Waals surface area contributed by atoms with Crippen LogP contribution in [-0.2, 0) is 20.8 Å². The molecule has 4 N–H and O–H groups in total. The third-order valence-corrected chi connectivity index (χ3v) is 10.9. The Bertz CT molecular complexity index is 1060. The summed E-state index contributed by atoms with van der Waals surface area (Å²) in [7, 11) is 0. The van der Waals surface area contributed by atoms with Gasteiger partial charge in [0, 0.05) is 6.54 Å². The Kier molecular flexibility index (Phi) is 28.9. The Morgan fingerprint density at radius 2 is 1.09 bits per heavy atom. The van der Waals surface area contributed by atoms with Gasteiger partial charge in [-0.25, -0.2) is 9.59 Å². The number of ether oxygens (including phenoxy) is 3. The maximum atomic E-state index is 13.7. The molecule has 0 aliphatic carbocycles. The van der Waals surface area contributed by atoms with Crippen LogP contribution >= 0.6 is 0 Å². The highest BCUT2D eigenvalue weighted by molar-refractivity contribution is 5.69. The molecule has 1 aliphatic rings. The molecule has 0 aromatic heterocycles. The van der Waals surface area contributed by atoms with Crippen LogP contribution in [0.15, 0.2) is 30.3 Å². The molecule has 0 spiro atoms. The standard InChI is InChI=1S/C45H80N2O8/c1-3-5-7-9-11-13-15-17-18-20-22-24-26-31-35-53-45(52)47(34-30-25-23-21-19-16-14-12-10-8-6-4-2)43-40(42(50)41(49)39(36-48)55-43)46-44(51)54-37-38-32-28-27-29-33-38/h27-29,32-33,39-43,48-50H,3-26,30-31,34-37H2,1-2H3,(H,46,51)/t39-,40-,41+,42-,43-/m1/s1. The van der Waals surface area contributed by atoms with Gasteiger partial charge in [0.1, 0.15) is 31.0 Å². The molecule has 1 aromatic carbocycles. The van der Waals surface area contributed by atoms with Crippen molar-refractivity contribution >= 4 is 12.2 Å². The average Bonchev–Trinajstić information content (AvgIpc) is 3.20. The van der Waals surface area contributed by atoms with Gasteiger partial charge in [0.2, 0.25) is 0 Å². The molecule has 10 nitrogen and oxygen atoms in total. The molecular formula is C45H80N2O8. The van der Waals surface area contributed by atoms with Crippen molar-refractivity contribution in [2.24, 2.45) is 0 Å². The van der Waals surface area contributed by atoms with Crippen LogP contribution < -0.4 is 5.32 Å². The third kappa shape index (κ3) is 22.2. The first kappa shape index (κ1) is 48.7. The van der Waals surface area contributed by atoms with Crippen molar-refractivity contribution in [2.45, 2.75) is 218 Å². The fourth-order valence-electron chi connectivity index (χ4n) is 7.41. The number of unbranched alkanes of at least 4 members (excludes halogenated alkanes) is 24. The fraction of sp³-hybridized carbons (Fsp3) is 0.822. The SMILES string of the molecule is CCCCCCCCCCCCCCCCOC(=O)N(CCCCCCCCCCCCCC)[C@@H]1O[C@H](CO)[C@H](O)[C@H](O)[C@H]1NC(=O)OCc1ccccc1. The first-order valence-corrected chi connectivity index (χ1v) is 22.5. The van der Waals surface area contributed by atoms with Crippen LogP contribution in [0.5, 0.6) is 0 Å². The molecule has 1 saturated heterocycles. The van der Waals surface area contributed by atoms with Gasteiger partial charge in [-0.05, 0) is 18.4 Å². The van der Waals surface area contributed by atoms with Crippen LogP contribution in [0, 0.1) is 0 Å². The molecule has 1 aliphatic heterocycles. The summed E-state index contributed by atoms with van der Waals surface area (Å²) in [5, 5.41) is 34.6. The van der Waals surface area contributed by atoms with E-state index in [0.29, 0.717) is 6.42 Å². The van der Waals surface area contributed by atoms with Gasteiger partial charge >= 0.3 is 12.2 Å². The Balaban J connectivity index is 1.89. The van der Waals surface area contributed by atoms with Gasteiger partial charge in [0.05, 0.1) is 13.2 Å². The van der Waals surface area contributed by atoms with E-state index in [4.69, 9.17) is 14.2 Å². The van der Waals surface area contributed by atoms with E-state index in [9.17, 15) is 24.9 Å². The van der Waals surface area contributed by atoms with Gasteiger partial charge in [0.15, 0.2) is 6.23 Å². The number of aliphatic hydroxyl groups is 3. The predicted molar refractivity (Wildman–Crippen MR) is 221 cm³/mol. The molecule has 2 amide bonds. The first-order valence-electron chi connectivity index (χ1n) is 22.5. The van der Waals surface area contributed by atoms with Gasteiger partial charge in [-0.1, -0.05) is 198 Å². The summed E-state index contributed by atoms with van der Waals surface area (Å²) >= 11 is 0. The molecule has 0 radical (unpaired) electrons.